The van der Waals surface area contributed by atoms with Crippen LogP contribution in [0.1, 0.15) is 64.2 Å². The highest BCUT2D eigenvalue weighted by atomic mass is 14.9. The molecule has 0 amide bonds. The largest absolute Gasteiger partial charge is 0.316 e. The molecular weight excluding hydrogens is 292 g/mol. The predicted octanol–water partition coefficient (Wildman–Crippen LogP) is 4.68. The first-order valence-electron chi connectivity index (χ1n) is 10.6. The summed E-state index contributed by atoms with van der Waals surface area (Å²) in [6.07, 6.45) is 23.5. The Kier molecular flexibility index (Phi) is 7.89. The maximum atomic E-state index is 3.75. The molecule has 0 aliphatic heterocycles. The van der Waals surface area contributed by atoms with Crippen LogP contribution in [0.25, 0.3) is 0 Å². The summed E-state index contributed by atoms with van der Waals surface area (Å²) in [7, 11) is 0. The SMILES string of the molecule is C1=CC(CNCC2CCC(CNCC3C=CCCC3)CC2)CCC1. The van der Waals surface area contributed by atoms with E-state index in [9.17, 15) is 0 Å². The summed E-state index contributed by atoms with van der Waals surface area (Å²) in [5.41, 5.74) is 0. The summed E-state index contributed by atoms with van der Waals surface area (Å²) in [5.74, 6) is 3.45. The van der Waals surface area contributed by atoms with Crippen molar-refractivity contribution in [1.82, 2.24) is 10.6 Å². The van der Waals surface area contributed by atoms with Gasteiger partial charge in [-0.25, -0.2) is 0 Å². The van der Waals surface area contributed by atoms with Gasteiger partial charge >= 0.3 is 0 Å². The monoisotopic (exact) mass is 330 g/mol. The highest BCUT2D eigenvalue weighted by molar-refractivity contribution is 4.94. The molecule has 24 heavy (non-hydrogen) atoms. The molecule has 3 aliphatic rings. The summed E-state index contributed by atoms with van der Waals surface area (Å²) in [4.78, 5) is 0. The Labute approximate surface area is 149 Å². The summed E-state index contributed by atoms with van der Waals surface area (Å²) < 4.78 is 0. The zero-order valence-corrected chi connectivity index (χ0v) is 15.5. The molecule has 0 spiro atoms. The lowest BCUT2D eigenvalue weighted by Gasteiger charge is -2.30. The van der Waals surface area contributed by atoms with Gasteiger partial charge in [0.05, 0.1) is 0 Å². The van der Waals surface area contributed by atoms with Gasteiger partial charge in [-0.15, -0.1) is 0 Å². The van der Waals surface area contributed by atoms with Crippen molar-refractivity contribution in [2.45, 2.75) is 64.2 Å². The fourth-order valence-corrected chi connectivity index (χ4v) is 4.69. The van der Waals surface area contributed by atoms with Gasteiger partial charge in [-0.3, -0.25) is 0 Å². The van der Waals surface area contributed by atoms with Crippen LogP contribution in [0.5, 0.6) is 0 Å². The molecule has 136 valence electrons. The smallest absolute Gasteiger partial charge is 0.00143 e. The average Bonchev–Trinajstić information content (AvgIpc) is 2.65. The molecule has 0 aromatic carbocycles. The summed E-state index contributed by atoms with van der Waals surface area (Å²) in [6, 6.07) is 0. The van der Waals surface area contributed by atoms with E-state index < -0.39 is 0 Å². The minimum Gasteiger partial charge on any atom is -0.316 e. The summed E-state index contributed by atoms with van der Waals surface area (Å²) >= 11 is 0. The third-order valence-electron chi connectivity index (χ3n) is 6.35. The third-order valence-corrected chi connectivity index (χ3v) is 6.35. The lowest BCUT2D eigenvalue weighted by Crippen LogP contribution is -2.33. The van der Waals surface area contributed by atoms with Gasteiger partial charge in [0, 0.05) is 13.1 Å². The van der Waals surface area contributed by atoms with Crippen molar-refractivity contribution in [3.05, 3.63) is 24.3 Å². The van der Waals surface area contributed by atoms with E-state index in [-0.39, 0.29) is 0 Å². The standard InChI is InChI=1S/C22H38N2/c1-3-7-19(8-4-1)15-23-17-21-11-13-22(14-12-21)18-24-16-20-9-5-2-6-10-20/h3,5,7,9,19-24H,1-2,4,6,8,10-18H2. The van der Waals surface area contributed by atoms with Crippen molar-refractivity contribution in [3.63, 3.8) is 0 Å². The second-order valence-corrected chi connectivity index (χ2v) is 8.44. The van der Waals surface area contributed by atoms with Gasteiger partial charge in [-0.2, -0.15) is 0 Å². The van der Waals surface area contributed by atoms with Crippen LogP contribution >= 0.6 is 0 Å². The molecule has 2 N–H and O–H groups in total. The van der Waals surface area contributed by atoms with Crippen molar-refractivity contribution in [2.24, 2.45) is 23.7 Å². The predicted molar refractivity (Wildman–Crippen MR) is 104 cm³/mol. The highest BCUT2D eigenvalue weighted by Gasteiger charge is 2.21. The Bertz CT molecular complexity index is 355. The lowest BCUT2D eigenvalue weighted by molar-refractivity contribution is 0.257. The van der Waals surface area contributed by atoms with Gasteiger partial charge in [-0.05, 0) is 101 Å². The fourth-order valence-electron chi connectivity index (χ4n) is 4.69. The molecule has 0 bridgehead atoms. The maximum Gasteiger partial charge on any atom is 0.00143 e. The molecule has 0 saturated heterocycles. The third kappa shape index (κ3) is 6.37. The van der Waals surface area contributed by atoms with E-state index in [0.717, 1.165) is 23.7 Å². The lowest BCUT2D eigenvalue weighted by atomic mass is 9.81. The molecule has 2 nitrogen and oxygen atoms in total. The number of allylic oxidation sites excluding steroid dienone is 2. The van der Waals surface area contributed by atoms with E-state index in [1.54, 1.807) is 0 Å². The zero-order chi connectivity index (χ0) is 16.5. The van der Waals surface area contributed by atoms with Crippen LogP contribution in [0, 0.1) is 23.7 Å². The molecule has 2 heteroatoms. The van der Waals surface area contributed by atoms with E-state index in [4.69, 9.17) is 0 Å². The maximum absolute atomic E-state index is 3.75. The van der Waals surface area contributed by atoms with Crippen molar-refractivity contribution >= 4 is 0 Å². The van der Waals surface area contributed by atoms with Gasteiger partial charge in [-0.1, -0.05) is 24.3 Å². The zero-order valence-electron chi connectivity index (χ0n) is 15.5. The first kappa shape index (κ1) is 18.2. The Morgan fingerprint density at radius 2 is 1.04 bits per heavy atom. The van der Waals surface area contributed by atoms with Crippen LogP contribution < -0.4 is 10.6 Å². The average molecular weight is 331 g/mol. The molecule has 2 unspecified atom stereocenters. The minimum absolute atomic E-state index is 0.799. The molecular formula is C22H38N2. The number of hydrogen-bond acceptors (Lipinski definition) is 2. The first-order valence-corrected chi connectivity index (χ1v) is 10.6. The van der Waals surface area contributed by atoms with Crippen LogP contribution in [-0.2, 0) is 0 Å². The van der Waals surface area contributed by atoms with Crippen LogP contribution in [0.3, 0.4) is 0 Å². The van der Waals surface area contributed by atoms with Crippen molar-refractivity contribution in [3.8, 4) is 0 Å². The minimum atomic E-state index is 0.799. The Morgan fingerprint density at radius 1 is 0.583 bits per heavy atom. The first-order chi connectivity index (χ1) is 11.9. The molecule has 0 heterocycles. The number of rotatable bonds is 8. The summed E-state index contributed by atoms with van der Waals surface area (Å²) in [6.45, 7) is 4.90. The normalized spacial score (nSPS) is 33.7. The van der Waals surface area contributed by atoms with Gasteiger partial charge in [0.25, 0.3) is 0 Å². The second-order valence-electron chi connectivity index (χ2n) is 8.44. The Morgan fingerprint density at radius 3 is 1.42 bits per heavy atom. The number of hydrogen-bond donors (Lipinski definition) is 2. The molecule has 2 atom stereocenters. The molecule has 1 fully saturated rings. The van der Waals surface area contributed by atoms with E-state index >= 15 is 0 Å². The van der Waals surface area contributed by atoms with E-state index in [1.165, 1.54) is 90.4 Å². The van der Waals surface area contributed by atoms with Gasteiger partial charge in [0.1, 0.15) is 0 Å². The quantitative estimate of drug-likeness (QED) is 0.631. The molecule has 0 radical (unpaired) electrons. The van der Waals surface area contributed by atoms with E-state index in [1.807, 2.05) is 0 Å². The fraction of sp³-hybridized carbons (Fsp3) is 0.818. The highest BCUT2D eigenvalue weighted by Crippen LogP contribution is 2.28. The van der Waals surface area contributed by atoms with Gasteiger partial charge in [0.2, 0.25) is 0 Å². The van der Waals surface area contributed by atoms with Crippen LogP contribution in [0.2, 0.25) is 0 Å². The molecule has 0 aromatic rings. The Hall–Kier alpha value is -0.600. The molecule has 1 saturated carbocycles. The molecule has 0 aromatic heterocycles. The van der Waals surface area contributed by atoms with Gasteiger partial charge < -0.3 is 10.6 Å². The molecule has 3 rings (SSSR count). The van der Waals surface area contributed by atoms with Crippen LogP contribution in [0.15, 0.2) is 24.3 Å². The summed E-state index contributed by atoms with van der Waals surface area (Å²) in [5, 5.41) is 7.50. The van der Waals surface area contributed by atoms with E-state index in [2.05, 4.69) is 34.9 Å². The Balaban J connectivity index is 1.22. The van der Waals surface area contributed by atoms with E-state index in [0.29, 0.717) is 0 Å². The van der Waals surface area contributed by atoms with Gasteiger partial charge in [0.15, 0.2) is 0 Å². The van der Waals surface area contributed by atoms with Crippen molar-refractivity contribution in [1.29, 1.82) is 0 Å². The van der Waals surface area contributed by atoms with Crippen molar-refractivity contribution in [2.75, 3.05) is 26.2 Å². The second kappa shape index (κ2) is 10.4. The topological polar surface area (TPSA) is 24.1 Å². The van der Waals surface area contributed by atoms with Crippen LogP contribution in [-0.4, -0.2) is 26.2 Å². The number of nitrogens with one attached hydrogen (secondary N) is 2. The molecule has 3 aliphatic carbocycles. The van der Waals surface area contributed by atoms with Crippen molar-refractivity contribution < 1.29 is 0 Å². The van der Waals surface area contributed by atoms with Crippen LogP contribution in [0.4, 0.5) is 0 Å².